The minimum absolute atomic E-state index is 0.0503. The zero-order valence-corrected chi connectivity index (χ0v) is 14.6. The van der Waals surface area contributed by atoms with E-state index in [9.17, 15) is 5.11 Å². The van der Waals surface area contributed by atoms with E-state index in [2.05, 4.69) is 25.1 Å². The molecule has 3 aliphatic carbocycles. The first-order valence-corrected chi connectivity index (χ1v) is 9.54. The maximum absolute atomic E-state index is 10.7. The van der Waals surface area contributed by atoms with Gasteiger partial charge in [0.05, 0.1) is 13.2 Å². The quantitative estimate of drug-likeness (QED) is 0.877. The van der Waals surface area contributed by atoms with Crippen molar-refractivity contribution in [2.75, 3.05) is 7.11 Å². The van der Waals surface area contributed by atoms with Gasteiger partial charge in [-0.3, -0.25) is 0 Å². The molecular formula is C21H30O2. The highest BCUT2D eigenvalue weighted by atomic mass is 16.5. The van der Waals surface area contributed by atoms with Crippen molar-refractivity contribution in [1.29, 1.82) is 0 Å². The number of hydrogen-bond donors (Lipinski definition) is 1. The van der Waals surface area contributed by atoms with Crippen LogP contribution in [-0.4, -0.2) is 18.3 Å². The summed E-state index contributed by atoms with van der Waals surface area (Å²) >= 11 is 0. The molecule has 4 rings (SSSR count). The summed E-state index contributed by atoms with van der Waals surface area (Å²) in [6.07, 6.45) is 9.62. The lowest BCUT2D eigenvalue weighted by Gasteiger charge is -2.51. The number of ether oxygens (including phenoxy) is 1. The van der Waals surface area contributed by atoms with Gasteiger partial charge in [-0.05, 0) is 91.4 Å². The number of aliphatic hydroxyl groups is 1. The molecule has 5 atom stereocenters. The van der Waals surface area contributed by atoms with Crippen molar-refractivity contribution in [1.82, 2.24) is 0 Å². The largest absolute Gasteiger partial charge is 0.497 e. The van der Waals surface area contributed by atoms with E-state index in [1.165, 1.54) is 50.5 Å². The lowest BCUT2D eigenvalue weighted by Crippen LogP contribution is -2.45. The van der Waals surface area contributed by atoms with Gasteiger partial charge < -0.3 is 9.84 Å². The van der Waals surface area contributed by atoms with Crippen LogP contribution in [-0.2, 0) is 6.42 Å². The van der Waals surface area contributed by atoms with Crippen molar-refractivity contribution in [2.45, 2.75) is 70.3 Å². The van der Waals surface area contributed by atoms with E-state index in [4.69, 9.17) is 4.74 Å². The second kappa shape index (κ2) is 5.81. The second-order valence-electron chi connectivity index (χ2n) is 8.10. The Hall–Kier alpha value is -1.02. The maximum atomic E-state index is 10.7. The fourth-order valence-electron chi connectivity index (χ4n) is 6.41. The zero-order chi connectivity index (χ0) is 16.0. The third-order valence-electron chi connectivity index (χ3n) is 7.32. The van der Waals surface area contributed by atoms with Gasteiger partial charge >= 0.3 is 0 Å². The van der Waals surface area contributed by atoms with Crippen molar-refractivity contribution in [3.05, 3.63) is 29.3 Å². The maximum Gasteiger partial charge on any atom is 0.119 e. The Morgan fingerprint density at radius 2 is 2.09 bits per heavy atom. The third-order valence-corrected chi connectivity index (χ3v) is 7.32. The fraction of sp³-hybridized carbons (Fsp3) is 0.714. The molecule has 2 nitrogen and oxygen atoms in total. The van der Waals surface area contributed by atoms with Crippen molar-refractivity contribution < 1.29 is 9.84 Å². The van der Waals surface area contributed by atoms with Gasteiger partial charge in [-0.25, -0.2) is 0 Å². The molecule has 23 heavy (non-hydrogen) atoms. The van der Waals surface area contributed by atoms with Gasteiger partial charge in [-0.2, -0.15) is 0 Å². The smallest absolute Gasteiger partial charge is 0.119 e. The highest BCUT2D eigenvalue weighted by Crippen LogP contribution is 2.62. The molecule has 1 aromatic carbocycles. The van der Waals surface area contributed by atoms with Crippen LogP contribution in [0, 0.1) is 17.3 Å². The summed E-state index contributed by atoms with van der Waals surface area (Å²) in [6.45, 7) is 2.28. The van der Waals surface area contributed by atoms with Crippen LogP contribution in [0.15, 0.2) is 18.2 Å². The van der Waals surface area contributed by atoms with E-state index in [0.29, 0.717) is 5.92 Å². The Morgan fingerprint density at radius 1 is 1.22 bits per heavy atom. The average Bonchev–Trinajstić information content (AvgIpc) is 2.91. The molecule has 3 aliphatic rings. The SMILES string of the molecule is CCC[C@]12CC[C@@H]3c4ccc(OC)cc4CC[C@H]3[C@@H]1CC[C@@H]2O. The number of methoxy groups -OCH3 is 1. The van der Waals surface area contributed by atoms with E-state index in [1.807, 2.05) is 0 Å². The topological polar surface area (TPSA) is 29.5 Å². The van der Waals surface area contributed by atoms with Crippen LogP contribution >= 0.6 is 0 Å². The molecule has 126 valence electrons. The van der Waals surface area contributed by atoms with Gasteiger partial charge in [0, 0.05) is 0 Å². The van der Waals surface area contributed by atoms with Crippen LogP contribution in [0.25, 0.3) is 0 Å². The lowest BCUT2D eigenvalue weighted by molar-refractivity contribution is -0.0432. The van der Waals surface area contributed by atoms with E-state index in [1.54, 1.807) is 12.7 Å². The number of aliphatic hydroxyl groups excluding tert-OH is 1. The highest BCUT2D eigenvalue weighted by Gasteiger charge is 2.56. The molecule has 2 heteroatoms. The van der Waals surface area contributed by atoms with Crippen LogP contribution in [0.2, 0.25) is 0 Å². The summed E-state index contributed by atoms with van der Waals surface area (Å²) in [6, 6.07) is 6.71. The molecule has 0 aliphatic heterocycles. The molecule has 2 fully saturated rings. The van der Waals surface area contributed by atoms with Gasteiger partial charge in [0.25, 0.3) is 0 Å². The van der Waals surface area contributed by atoms with E-state index in [0.717, 1.165) is 24.0 Å². The van der Waals surface area contributed by atoms with Gasteiger partial charge in [0.15, 0.2) is 0 Å². The number of benzene rings is 1. The minimum atomic E-state index is -0.0503. The summed E-state index contributed by atoms with van der Waals surface area (Å²) in [5.41, 5.74) is 3.32. The van der Waals surface area contributed by atoms with Crippen LogP contribution in [0.4, 0.5) is 0 Å². The van der Waals surface area contributed by atoms with Crippen LogP contribution in [0.3, 0.4) is 0 Å². The molecule has 0 saturated heterocycles. The molecule has 1 N–H and O–H groups in total. The molecule has 2 saturated carbocycles. The summed E-state index contributed by atoms with van der Waals surface area (Å²) in [5, 5.41) is 10.7. The Bertz CT molecular complexity index is 581. The van der Waals surface area contributed by atoms with Crippen LogP contribution in [0.1, 0.15) is 68.9 Å². The molecule has 0 bridgehead atoms. The van der Waals surface area contributed by atoms with E-state index < -0.39 is 0 Å². The summed E-state index contributed by atoms with van der Waals surface area (Å²) < 4.78 is 5.41. The number of fused-ring (bicyclic) bond motifs is 5. The number of hydrogen-bond acceptors (Lipinski definition) is 2. The van der Waals surface area contributed by atoms with E-state index >= 15 is 0 Å². The monoisotopic (exact) mass is 314 g/mol. The number of aryl methyl sites for hydroxylation is 1. The molecule has 1 aromatic rings. The molecule has 0 unspecified atom stereocenters. The zero-order valence-electron chi connectivity index (χ0n) is 14.6. The second-order valence-corrected chi connectivity index (χ2v) is 8.10. The lowest BCUT2D eigenvalue weighted by atomic mass is 9.53. The fourth-order valence-corrected chi connectivity index (χ4v) is 6.41. The Balaban J connectivity index is 1.67. The summed E-state index contributed by atoms with van der Waals surface area (Å²) in [5.74, 6) is 3.24. The predicted molar refractivity (Wildman–Crippen MR) is 92.9 cm³/mol. The normalized spacial score (nSPS) is 38.6. The van der Waals surface area contributed by atoms with Gasteiger partial charge in [-0.15, -0.1) is 0 Å². The summed E-state index contributed by atoms with van der Waals surface area (Å²) in [4.78, 5) is 0. The standard InChI is InChI=1S/C21H30O2/c1-3-11-21-12-10-17-16-7-5-15(23-2)13-14(16)4-6-18(17)19(21)8-9-20(21)22/h5,7,13,17-20,22H,3-4,6,8-12H2,1-2H3/t17-,18-,19+,20+,21+/m1/s1. The Kier molecular flexibility index (Phi) is 3.91. The van der Waals surface area contributed by atoms with Crippen molar-refractivity contribution >= 4 is 0 Å². The first-order chi connectivity index (χ1) is 11.2. The Morgan fingerprint density at radius 3 is 2.87 bits per heavy atom. The van der Waals surface area contributed by atoms with Crippen LogP contribution < -0.4 is 4.74 Å². The molecule has 0 aromatic heterocycles. The predicted octanol–water partition coefficient (Wildman–Crippen LogP) is 4.69. The molecular weight excluding hydrogens is 284 g/mol. The van der Waals surface area contributed by atoms with Crippen molar-refractivity contribution in [2.24, 2.45) is 17.3 Å². The third kappa shape index (κ3) is 2.25. The number of rotatable bonds is 3. The molecule has 0 amide bonds. The molecule has 0 spiro atoms. The summed E-state index contributed by atoms with van der Waals surface area (Å²) in [7, 11) is 1.76. The van der Waals surface area contributed by atoms with Crippen LogP contribution in [0.5, 0.6) is 5.75 Å². The van der Waals surface area contributed by atoms with Crippen molar-refractivity contribution in [3.8, 4) is 5.75 Å². The first-order valence-electron chi connectivity index (χ1n) is 9.54. The molecule has 0 radical (unpaired) electrons. The Labute approximate surface area is 140 Å². The highest BCUT2D eigenvalue weighted by molar-refractivity contribution is 5.40. The van der Waals surface area contributed by atoms with E-state index in [-0.39, 0.29) is 11.5 Å². The van der Waals surface area contributed by atoms with Gasteiger partial charge in [0.2, 0.25) is 0 Å². The van der Waals surface area contributed by atoms with Gasteiger partial charge in [0.1, 0.15) is 5.75 Å². The first kappa shape index (κ1) is 15.5. The van der Waals surface area contributed by atoms with Crippen molar-refractivity contribution in [3.63, 3.8) is 0 Å². The molecule has 0 heterocycles. The minimum Gasteiger partial charge on any atom is -0.497 e. The average molecular weight is 314 g/mol. The van der Waals surface area contributed by atoms with Gasteiger partial charge in [-0.1, -0.05) is 19.4 Å².